The van der Waals surface area contributed by atoms with Crippen LogP contribution in [0.15, 0.2) is 30.3 Å². The molecule has 0 aliphatic heterocycles. The molecule has 7 heteroatoms. The summed E-state index contributed by atoms with van der Waals surface area (Å²) in [5.74, 6) is 1.53. The number of halogens is 2. The van der Waals surface area contributed by atoms with Crippen LogP contribution in [-0.4, -0.2) is 25.9 Å². The zero-order valence-electron chi connectivity index (χ0n) is 12.2. The number of hydrogen-bond donors (Lipinski definition) is 1. The van der Waals surface area contributed by atoms with Gasteiger partial charge in [0.1, 0.15) is 5.82 Å². The maximum absolute atomic E-state index is 6.21. The van der Waals surface area contributed by atoms with Crippen LogP contribution in [0.5, 0.6) is 0 Å². The fourth-order valence-corrected chi connectivity index (χ4v) is 2.78. The van der Waals surface area contributed by atoms with Gasteiger partial charge < -0.3 is 5.32 Å². The Kier molecular flexibility index (Phi) is 4.18. The third-order valence-electron chi connectivity index (χ3n) is 3.35. The van der Waals surface area contributed by atoms with Gasteiger partial charge in [0.15, 0.2) is 11.5 Å². The van der Waals surface area contributed by atoms with Crippen LogP contribution in [-0.2, 0) is 6.42 Å². The molecule has 1 N–H and O–H groups in total. The minimum atomic E-state index is 0.167. The van der Waals surface area contributed by atoms with Gasteiger partial charge in [-0.25, -0.2) is 0 Å². The van der Waals surface area contributed by atoms with Gasteiger partial charge in [0.05, 0.1) is 0 Å². The highest BCUT2D eigenvalue weighted by molar-refractivity contribution is 6.35. The quantitative estimate of drug-likeness (QED) is 0.788. The Morgan fingerprint density at radius 1 is 1.18 bits per heavy atom. The second-order valence-electron chi connectivity index (χ2n) is 5.22. The number of hydrogen-bond acceptors (Lipinski definition) is 4. The molecule has 1 aromatic carbocycles. The second kappa shape index (κ2) is 6.10. The largest absolute Gasteiger partial charge is 0.366 e. The van der Waals surface area contributed by atoms with Gasteiger partial charge in [-0.05, 0) is 50.1 Å². The molecule has 0 saturated heterocycles. The molecule has 0 bridgehead atoms. The number of nitrogens with one attached hydrogen (secondary N) is 1. The van der Waals surface area contributed by atoms with Gasteiger partial charge in [-0.1, -0.05) is 29.3 Å². The summed E-state index contributed by atoms with van der Waals surface area (Å²) in [5.41, 5.74) is 1.78. The van der Waals surface area contributed by atoms with Crippen molar-refractivity contribution >= 4 is 34.7 Å². The van der Waals surface area contributed by atoms with Gasteiger partial charge in [-0.15, -0.1) is 15.3 Å². The second-order valence-corrected chi connectivity index (χ2v) is 6.06. The van der Waals surface area contributed by atoms with Gasteiger partial charge in [0.2, 0.25) is 0 Å². The van der Waals surface area contributed by atoms with Gasteiger partial charge in [0, 0.05) is 16.1 Å². The lowest BCUT2D eigenvalue weighted by Gasteiger charge is -2.15. The number of nitrogens with zero attached hydrogens (tertiary/aromatic N) is 4. The first-order valence-electron chi connectivity index (χ1n) is 6.92. The summed E-state index contributed by atoms with van der Waals surface area (Å²) in [6, 6.07) is 9.50. The molecule has 22 heavy (non-hydrogen) atoms. The van der Waals surface area contributed by atoms with Crippen LogP contribution in [0.1, 0.15) is 18.3 Å². The molecule has 114 valence electrons. The molecule has 0 aliphatic carbocycles. The Bertz CT molecular complexity index is 815. The lowest BCUT2D eigenvalue weighted by molar-refractivity contribution is 0.771. The molecule has 1 unspecified atom stereocenters. The van der Waals surface area contributed by atoms with E-state index in [4.69, 9.17) is 23.2 Å². The maximum atomic E-state index is 6.21. The average Bonchev–Trinajstić information content (AvgIpc) is 2.83. The average molecular weight is 336 g/mol. The van der Waals surface area contributed by atoms with Crippen LogP contribution in [0.4, 0.5) is 5.82 Å². The number of fused-ring (bicyclic) bond motifs is 1. The highest BCUT2D eigenvalue weighted by atomic mass is 35.5. The minimum absolute atomic E-state index is 0.167. The first-order valence-corrected chi connectivity index (χ1v) is 7.68. The van der Waals surface area contributed by atoms with E-state index in [2.05, 4.69) is 27.5 Å². The normalized spacial score (nSPS) is 12.5. The number of rotatable bonds is 4. The van der Waals surface area contributed by atoms with Crippen molar-refractivity contribution in [3.63, 3.8) is 0 Å². The lowest BCUT2D eigenvalue weighted by atomic mass is 10.1. The van der Waals surface area contributed by atoms with Crippen LogP contribution in [0.25, 0.3) is 5.65 Å². The third-order valence-corrected chi connectivity index (χ3v) is 3.94. The van der Waals surface area contributed by atoms with Crippen LogP contribution in [0.3, 0.4) is 0 Å². The SMILES string of the molecule is Cc1nnc2ccc(NC(C)Cc3ccc(Cl)cc3Cl)nn12. The van der Waals surface area contributed by atoms with Crippen LogP contribution in [0, 0.1) is 6.92 Å². The van der Waals surface area contributed by atoms with E-state index in [1.807, 2.05) is 31.2 Å². The summed E-state index contributed by atoms with van der Waals surface area (Å²) < 4.78 is 1.71. The molecule has 1 atom stereocenters. The van der Waals surface area contributed by atoms with E-state index in [9.17, 15) is 0 Å². The number of anilines is 1. The van der Waals surface area contributed by atoms with E-state index in [1.54, 1.807) is 10.6 Å². The Morgan fingerprint density at radius 3 is 2.77 bits per heavy atom. The van der Waals surface area contributed by atoms with Crippen molar-refractivity contribution in [3.05, 3.63) is 51.8 Å². The summed E-state index contributed by atoms with van der Waals surface area (Å²) in [4.78, 5) is 0. The highest BCUT2D eigenvalue weighted by Gasteiger charge is 2.09. The molecule has 2 aromatic heterocycles. The van der Waals surface area contributed by atoms with Crippen molar-refractivity contribution in [2.24, 2.45) is 0 Å². The van der Waals surface area contributed by atoms with E-state index in [-0.39, 0.29) is 6.04 Å². The molecule has 0 radical (unpaired) electrons. The summed E-state index contributed by atoms with van der Waals surface area (Å²) in [6.45, 7) is 3.95. The Labute approximate surface area is 138 Å². The van der Waals surface area contributed by atoms with E-state index < -0.39 is 0 Å². The van der Waals surface area contributed by atoms with E-state index >= 15 is 0 Å². The van der Waals surface area contributed by atoms with Crippen molar-refractivity contribution < 1.29 is 0 Å². The topological polar surface area (TPSA) is 55.1 Å². The number of aromatic nitrogens is 4. The van der Waals surface area contributed by atoms with Crippen molar-refractivity contribution in [3.8, 4) is 0 Å². The van der Waals surface area contributed by atoms with Gasteiger partial charge in [-0.3, -0.25) is 0 Å². The van der Waals surface area contributed by atoms with Gasteiger partial charge in [-0.2, -0.15) is 4.52 Å². The minimum Gasteiger partial charge on any atom is -0.366 e. The standard InChI is InChI=1S/C15H15Cl2N5/c1-9(7-11-3-4-12(16)8-13(11)17)18-14-5-6-15-20-19-10(2)22(15)21-14/h3-6,8-9H,7H2,1-2H3,(H,18,21). The van der Waals surface area contributed by atoms with Gasteiger partial charge >= 0.3 is 0 Å². The molecule has 0 saturated carbocycles. The van der Waals surface area contributed by atoms with Crippen molar-refractivity contribution in [2.45, 2.75) is 26.3 Å². The van der Waals surface area contributed by atoms with E-state index in [0.717, 1.165) is 29.3 Å². The van der Waals surface area contributed by atoms with Crippen LogP contribution >= 0.6 is 23.2 Å². The first-order chi connectivity index (χ1) is 10.5. The molecule has 5 nitrogen and oxygen atoms in total. The molecule has 3 rings (SSSR count). The molecule has 2 heterocycles. The van der Waals surface area contributed by atoms with Gasteiger partial charge in [0.25, 0.3) is 0 Å². The number of aryl methyl sites for hydroxylation is 1. The van der Waals surface area contributed by atoms with Crippen molar-refractivity contribution in [1.29, 1.82) is 0 Å². The predicted molar refractivity (Wildman–Crippen MR) is 88.8 cm³/mol. The van der Waals surface area contributed by atoms with E-state index in [1.165, 1.54) is 0 Å². The molecule has 0 aliphatic rings. The molecular formula is C15H15Cl2N5. The lowest BCUT2D eigenvalue weighted by Crippen LogP contribution is -2.19. The molecule has 3 aromatic rings. The number of benzene rings is 1. The molecular weight excluding hydrogens is 321 g/mol. The molecule has 0 amide bonds. The zero-order chi connectivity index (χ0) is 15.7. The maximum Gasteiger partial charge on any atom is 0.178 e. The summed E-state index contributed by atoms with van der Waals surface area (Å²) in [7, 11) is 0. The summed E-state index contributed by atoms with van der Waals surface area (Å²) in [5, 5.41) is 17.2. The van der Waals surface area contributed by atoms with Crippen molar-refractivity contribution in [2.75, 3.05) is 5.32 Å². The Balaban J connectivity index is 1.74. The fourth-order valence-electron chi connectivity index (χ4n) is 2.29. The Hall–Kier alpha value is -1.85. The third kappa shape index (κ3) is 3.15. The predicted octanol–water partition coefficient (Wildman–Crippen LogP) is 3.78. The summed E-state index contributed by atoms with van der Waals surface area (Å²) >= 11 is 12.1. The van der Waals surface area contributed by atoms with Crippen molar-refractivity contribution in [1.82, 2.24) is 19.8 Å². The van der Waals surface area contributed by atoms with E-state index in [0.29, 0.717) is 10.0 Å². The fraction of sp³-hybridized carbons (Fsp3) is 0.267. The van der Waals surface area contributed by atoms with Crippen LogP contribution < -0.4 is 5.32 Å². The first kappa shape index (κ1) is 15.1. The van der Waals surface area contributed by atoms with Crippen LogP contribution in [0.2, 0.25) is 10.0 Å². The molecule has 0 spiro atoms. The highest BCUT2D eigenvalue weighted by Crippen LogP contribution is 2.22. The molecule has 0 fully saturated rings. The summed E-state index contributed by atoms with van der Waals surface area (Å²) in [6.07, 6.45) is 0.775. The Morgan fingerprint density at radius 2 is 2.00 bits per heavy atom. The smallest absolute Gasteiger partial charge is 0.178 e. The zero-order valence-corrected chi connectivity index (χ0v) is 13.7. The monoisotopic (exact) mass is 335 g/mol.